The highest BCUT2D eigenvalue weighted by atomic mass is 79.9. The van der Waals surface area contributed by atoms with Gasteiger partial charge in [0, 0.05) is 40.3 Å². The maximum absolute atomic E-state index is 13.0. The minimum absolute atomic E-state index is 0.105. The van der Waals surface area contributed by atoms with E-state index < -0.39 is 23.9 Å². The second-order valence-corrected chi connectivity index (χ2v) is 6.20. The van der Waals surface area contributed by atoms with Gasteiger partial charge in [0.25, 0.3) is 5.92 Å². The van der Waals surface area contributed by atoms with Gasteiger partial charge in [-0.1, -0.05) is 0 Å². The minimum Gasteiger partial charge on any atom is -0.445 e. The van der Waals surface area contributed by atoms with Crippen molar-refractivity contribution in [3.05, 3.63) is 28.5 Å². The summed E-state index contributed by atoms with van der Waals surface area (Å²) in [5.41, 5.74) is 0.760. The Bertz CT molecular complexity index is 527. The highest BCUT2D eigenvalue weighted by molar-refractivity contribution is 9.10. The number of carbonyl (C=O) groups is 1. The van der Waals surface area contributed by atoms with Crippen molar-refractivity contribution in [2.45, 2.75) is 31.4 Å². The van der Waals surface area contributed by atoms with E-state index >= 15 is 0 Å². The van der Waals surface area contributed by atoms with Gasteiger partial charge in [-0.3, -0.25) is 4.98 Å². The third-order valence-electron chi connectivity index (χ3n) is 3.90. The van der Waals surface area contributed by atoms with Gasteiger partial charge in [0.15, 0.2) is 0 Å². The van der Waals surface area contributed by atoms with Gasteiger partial charge in [-0.25, -0.2) is 13.6 Å². The molecule has 7 heteroatoms. The molecule has 20 heavy (non-hydrogen) atoms. The van der Waals surface area contributed by atoms with Crippen LogP contribution in [0.2, 0.25) is 0 Å². The van der Waals surface area contributed by atoms with Gasteiger partial charge in [-0.05, 0) is 34.8 Å². The largest absolute Gasteiger partial charge is 0.445 e. The lowest BCUT2D eigenvalue weighted by Gasteiger charge is -2.16. The molecule has 0 saturated heterocycles. The average Bonchev–Trinajstić information content (AvgIpc) is 2.77. The van der Waals surface area contributed by atoms with E-state index in [9.17, 15) is 13.6 Å². The van der Waals surface area contributed by atoms with Crippen LogP contribution in [-0.4, -0.2) is 23.0 Å². The molecule has 4 nitrogen and oxygen atoms in total. The summed E-state index contributed by atoms with van der Waals surface area (Å²) in [5, 5.41) is 2.64. The molecule has 1 heterocycles. The Labute approximate surface area is 123 Å². The highest BCUT2D eigenvalue weighted by Crippen LogP contribution is 2.63. The molecular formula is C13H13BrF2N2O2. The van der Waals surface area contributed by atoms with Gasteiger partial charge in [-0.15, -0.1) is 0 Å². The summed E-state index contributed by atoms with van der Waals surface area (Å²) in [4.78, 5) is 15.5. The van der Waals surface area contributed by atoms with E-state index in [0.717, 1.165) is 10.0 Å². The molecule has 0 radical (unpaired) electrons. The zero-order chi connectivity index (χ0) is 14.3. The van der Waals surface area contributed by atoms with Gasteiger partial charge in [-0.2, -0.15) is 0 Å². The average molecular weight is 347 g/mol. The Morgan fingerprint density at radius 2 is 2.15 bits per heavy atom. The molecule has 1 N–H and O–H groups in total. The third kappa shape index (κ3) is 2.63. The molecule has 1 amide bonds. The lowest BCUT2D eigenvalue weighted by molar-refractivity contribution is 0.0657. The molecule has 2 fully saturated rings. The molecule has 3 atom stereocenters. The van der Waals surface area contributed by atoms with Gasteiger partial charge in [0.05, 0.1) is 0 Å². The summed E-state index contributed by atoms with van der Waals surface area (Å²) >= 11 is 3.27. The summed E-state index contributed by atoms with van der Waals surface area (Å²) < 4.78 is 31.9. The highest BCUT2D eigenvalue weighted by Gasteiger charge is 2.71. The summed E-state index contributed by atoms with van der Waals surface area (Å²) in [5.74, 6) is -3.62. The van der Waals surface area contributed by atoms with E-state index in [-0.39, 0.29) is 12.6 Å². The van der Waals surface area contributed by atoms with E-state index in [0.29, 0.717) is 12.8 Å². The number of alkyl halides is 2. The van der Waals surface area contributed by atoms with E-state index in [1.807, 2.05) is 0 Å². The van der Waals surface area contributed by atoms with Crippen LogP contribution in [0.15, 0.2) is 22.9 Å². The quantitative estimate of drug-likeness (QED) is 0.914. The normalized spacial score (nSPS) is 29.6. The van der Waals surface area contributed by atoms with Crippen LogP contribution in [-0.2, 0) is 11.3 Å². The van der Waals surface area contributed by atoms with E-state index in [2.05, 4.69) is 26.2 Å². The van der Waals surface area contributed by atoms with Gasteiger partial charge in [0.2, 0.25) is 0 Å². The number of alkyl carbamates (subject to hydrolysis) is 1. The predicted molar refractivity (Wildman–Crippen MR) is 70.2 cm³/mol. The molecule has 2 aliphatic rings. The molecule has 0 spiro atoms. The maximum Gasteiger partial charge on any atom is 0.407 e. The Morgan fingerprint density at radius 3 is 2.80 bits per heavy atom. The van der Waals surface area contributed by atoms with Gasteiger partial charge < -0.3 is 10.1 Å². The van der Waals surface area contributed by atoms with Crippen LogP contribution in [0.1, 0.15) is 18.4 Å². The van der Waals surface area contributed by atoms with Crippen LogP contribution in [0.3, 0.4) is 0 Å². The number of aromatic nitrogens is 1. The number of nitrogens with zero attached hydrogens (tertiary/aromatic N) is 1. The topological polar surface area (TPSA) is 51.2 Å². The fourth-order valence-corrected chi connectivity index (χ4v) is 3.23. The van der Waals surface area contributed by atoms with Gasteiger partial charge in [0.1, 0.15) is 6.61 Å². The SMILES string of the molecule is O=C(NC1C[C@@H]2[C@H](C1)C2(F)F)OCc1cncc(Br)c1. The fraction of sp³-hybridized carbons (Fsp3) is 0.538. The van der Waals surface area contributed by atoms with E-state index in [1.54, 1.807) is 18.5 Å². The summed E-state index contributed by atoms with van der Waals surface area (Å²) in [6.07, 6.45) is 3.34. The van der Waals surface area contributed by atoms with Crippen molar-refractivity contribution in [3.63, 3.8) is 0 Å². The first-order valence-corrected chi connectivity index (χ1v) is 7.16. The lowest BCUT2D eigenvalue weighted by atomic mass is 10.1. The van der Waals surface area contributed by atoms with Crippen molar-refractivity contribution in [2.75, 3.05) is 0 Å². The number of nitrogens with one attached hydrogen (secondary N) is 1. The predicted octanol–water partition coefficient (Wildman–Crippen LogP) is 3.11. The Morgan fingerprint density at radius 1 is 1.45 bits per heavy atom. The van der Waals surface area contributed by atoms with Crippen LogP contribution in [0.5, 0.6) is 0 Å². The van der Waals surface area contributed by atoms with Crippen LogP contribution < -0.4 is 5.32 Å². The number of carbonyl (C=O) groups excluding carboxylic acids is 1. The van der Waals surface area contributed by atoms with Crippen molar-refractivity contribution < 1.29 is 18.3 Å². The zero-order valence-electron chi connectivity index (χ0n) is 10.5. The van der Waals surface area contributed by atoms with Crippen LogP contribution in [0.4, 0.5) is 13.6 Å². The Balaban J connectivity index is 1.43. The first-order valence-electron chi connectivity index (χ1n) is 6.37. The summed E-state index contributed by atoms with van der Waals surface area (Å²) in [7, 11) is 0. The Hall–Kier alpha value is -1.24. The molecular weight excluding hydrogens is 334 g/mol. The lowest BCUT2D eigenvalue weighted by Crippen LogP contribution is -2.35. The van der Waals surface area contributed by atoms with Crippen molar-refractivity contribution in [2.24, 2.45) is 11.8 Å². The molecule has 2 saturated carbocycles. The first kappa shape index (κ1) is 13.7. The monoisotopic (exact) mass is 346 g/mol. The summed E-state index contributed by atoms with van der Waals surface area (Å²) in [6.45, 7) is 0.105. The smallest absolute Gasteiger partial charge is 0.407 e. The number of hydrogen-bond acceptors (Lipinski definition) is 3. The molecule has 108 valence electrons. The number of fused-ring (bicyclic) bond motifs is 1. The fourth-order valence-electron chi connectivity index (χ4n) is 2.82. The number of ether oxygens (including phenoxy) is 1. The molecule has 0 bridgehead atoms. The second-order valence-electron chi connectivity index (χ2n) is 5.29. The van der Waals surface area contributed by atoms with Crippen molar-refractivity contribution in [1.29, 1.82) is 0 Å². The molecule has 0 aliphatic heterocycles. The van der Waals surface area contributed by atoms with Crippen LogP contribution in [0, 0.1) is 11.8 Å². The number of hydrogen-bond donors (Lipinski definition) is 1. The molecule has 1 unspecified atom stereocenters. The second kappa shape index (κ2) is 4.95. The zero-order valence-corrected chi connectivity index (χ0v) is 12.1. The molecule has 1 aromatic rings. The maximum atomic E-state index is 13.0. The Kier molecular flexibility index (Phi) is 3.40. The first-order chi connectivity index (χ1) is 9.46. The standard InChI is InChI=1S/C13H13BrF2N2O2/c14-8-1-7(4-17-5-8)6-20-12(19)18-9-2-10-11(3-9)13(10,15)16/h1,4-5,9-11H,2-3,6H2,(H,18,19)/t9?,10-,11+. The number of halogens is 3. The van der Waals surface area contributed by atoms with E-state index in [1.165, 1.54) is 0 Å². The number of pyridine rings is 1. The third-order valence-corrected chi connectivity index (χ3v) is 4.33. The minimum atomic E-state index is -2.51. The molecule has 1 aromatic heterocycles. The van der Waals surface area contributed by atoms with Crippen molar-refractivity contribution >= 4 is 22.0 Å². The van der Waals surface area contributed by atoms with Crippen LogP contribution >= 0.6 is 15.9 Å². The van der Waals surface area contributed by atoms with Gasteiger partial charge >= 0.3 is 6.09 Å². The molecule has 0 aromatic carbocycles. The molecule has 2 aliphatic carbocycles. The number of rotatable bonds is 3. The summed E-state index contributed by atoms with van der Waals surface area (Å²) in [6, 6.07) is 1.60. The molecule has 3 rings (SSSR count). The number of amides is 1. The van der Waals surface area contributed by atoms with Crippen LogP contribution in [0.25, 0.3) is 0 Å². The van der Waals surface area contributed by atoms with Crippen molar-refractivity contribution in [3.8, 4) is 0 Å². The van der Waals surface area contributed by atoms with E-state index in [4.69, 9.17) is 4.74 Å². The van der Waals surface area contributed by atoms with Crippen molar-refractivity contribution in [1.82, 2.24) is 10.3 Å².